The van der Waals surface area contributed by atoms with Gasteiger partial charge in [-0.05, 0) is 32.6 Å². The van der Waals surface area contributed by atoms with E-state index in [1.54, 1.807) is 25.8 Å². The fourth-order valence-electron chi connectivity index (χ4n) is 2.36. The lowest BCUT2D eigenvalue weighted by atomic mass is 9.74. The first-order chi connectivity index (χ1) is 8.80. The van der Waals surface area contributed by atoms with Gasteiger partial charge in [-0.3, -0.25) is 4.79 Å². The van der Waals surface area contributed by atoms with Gasteiger partial charge in [0.25, 0.3) is 0 Å². The Morgan fingerprint density at radius 1 is 1.53 bits per heavy atom. The molecule has 1 rings (SSSR count). The first-order valence-corrected chi connectivity index (χ1v) is 6.47. The van der Waals surface area contributed by atoms with E-state index in [2.05, 4.69) is 5.92 Å². The van der Waals surface area contributed by atoms with Crippen molar-refractivity contribution in [2.45, 2.75) is 26.7 Å². The molecule has 1 atom stereocenters. The van der Waals surface area contributed by atoms with Gasteiger partial charge in [0.2, 0.25) is 0 Å². The minimum absolute atomic E-state index is 0.0260. The summed E-state index contributed by atoms with van der Waals surface area (Å²) in [5, 5.41) is 9.27. The quantitative estimate of drug-likeness (QED) is 0.787. The van der Waals surface area contributed by atoms with E-state index in [0.29, 0.717) is 13.1 Å². The molecule has 0 radical (unpaired) electrons. The molecule has 0 aromatic carbocycles. The largest absolute Gasteiger partial charge is 0.481 e. The Balaban J connectivity index is 2.73. The molecule has 1 fully saturated rings. The molecule has 0 aliphatic carbocycles. The minimum atomic E-state index is -0.816. The number of aliphatic carboxylic acids is 1. The summed E-state index contributed by atoms with van der Waals surface area (Å²) in [6.45, 7) is 4.85. The summed E-state index contributed by atoms with van der Waals surface area (Å²) in [5.41, 5.74) is -0.816. The number of urea groups is 1. The SMILES string of the molecule is C#CCN(C)C(=O)N1CCCC(C(C)(C)C(=O)O)C1. The van der Waals surface area contributed by atoms with Crippen molar-refractivity contribution >= 4 is 12.0 Å². The van der Waals surface area contributed by atoms with Gasteiger partial charge in [-0.25, -0.2) is 4.79 Å². The zero-order chi connectivity index (χ0) is 14.6. The molecule has 1 unspecified atom stereocenters. The highest BCUT2D eigenvalue weighted by atomic mass is 16.4. The molecule has 0 spiro atoms. The number of carboxylic acid groups (broad SMARTS) is 1. The molecular weight excluding hydrogens is 244 g/mol. The summed E-state index contributed by atoms with van der Waals surface area (Å²) < 4.78 is 0. The smallest absolute Gasteiger partial charge is 0.320 e. The van der Waals surface area contributed by atoms with Crippen LogP contribution in [0.5, 0.6) is 0 Å². The number of carbonyl (C=O) groups excluding carboxylic acids is 1. The van der Waals surface area contributed by atoms with Crippen molar-refractivity contribution in [3.8, 4) is 12.3 Å². The number of carboxylic acids is 1. The maximum absolute atomic E-state index is 12.1. The van der Waals surface area contributed by atoms with Crippen molar-refractivity contribution in [3.63, 3.8) is 0 Å². The molecule has 0 aromatic rings. The highest BCUT2D eigenvalue weighted by Gasteiger charge is 2.40. The van der Waals surface area contributed by atoms with Gasteiger partial charge in [-0.15, -0.1) is 6.42 Å². The van der Waals surface area contributed by atoms with Gasteiger partial charge in [0.05, 0.1) is 12.0 Å². The van der Waals surface area contributed by atoms with Gasteiger partial charge in [0.1, 0.15) is 0 Å². The molecule has 19 heavy (non-hydrogen) atoms. The molecule has 1 heterocycles. The fourth-order valence-corrected chi connectivity index (χ4v) is 2.36. The van der Waals surface area contributed by atoms with Crippen LogP contribution in [-0.2, 0) is 4.79 Å². The zero-order valence-electron chi connectivity index (χ0n) is 11.8. The Labute approximate surface area is 114 Å². The first kappa shape index (κ1) is 15.4. The van der Waals surface area contributed by atoms with Crippen LogP contribution in [0.15, 0.2) is 0 Å². The summed E-state index contributed by atoms with van der Waals surface area (Å²) >= 11 is 0. The standard InChI is InChI=1S/C14H22N2O3/c1-5-8-15(4)13(19)16-9-6-7-11(10-16)14(2,3)12(17)18/h1,11H,6-10H2,2-4H3,(H,17,18). The van der Waals surface area contributed by atoms with Crippen LogP contribution in [-0.4, -0.2) is 53.6 Å². The highest BCUT2D eigenvalue weighted by molar-refractivity contribution is 5.76. The van der Waals surface area contributed by atoms with Crippen LogP contribution in [0.2, 0.25) is 0 Å². The molecule has 5 nitrogen and oxygen atoms in total. The van der Waals surface area contributed by atoms with Crippen molar-refractivity contribution in [1.29, 1.82) is 0 Å². The monoisotopic (exact) mass is 266 g/mol. The third kappa shape index (κ3) is 3.40. The highest BCUT2D eigenvalue weighted by Crippen LogP contribution is 2.34. The average molecular weight is 266 g/mol. The van der Waals surface area contributed by atoms with Gasteiger partial charge < -0.3 is 14.9 Å². The third-order valence-corrected chi connectivity index (χ3v) is 3.92. The molecule has 5 heteroatoms. The summed E-state index contributed by atoms with van der Waals surface area (Å²) in [6.07, 6.45) is 6.86. The second-order valence-corrected chi connectivity index (χ2v) is 5.65. The lowest BCUT2D eigenvalue weighted by Crippen LogP contribution is -2.50. The Kier molecular flexibility index (Phi) is 4.82. The Morgan fingerprint density at radius 2 is 2.16 bits per heavy atom. The van der Waals surface area contributed by atoms with E-state index in [1.165, 1.54) is 4.90 Å². The lowest BCUT2D eigenvalue weighted by molar-refractivity contribution is -0.151. The van der Waals surface area contributed by atoms with Crippen LogP contribution in [0, 0.1) is 23.7 Å². The number of nitrogens with zero attached hydrogens (tertiary/aromatic N) is 2. The molecule has 1 aliphatic heterocycles. The van der Waals surface area contributed by atoms with Gasteiger partial charge in [0, 0.05) is 20.1 Å². The van der Waals surface area contributed by atoms with Crippen molar-refractivity contribution < 1.29 is 14.7 Å². The number of piperidine rings is 1. The van der Waals surface area contributed by atoms with Crippen LogP contribution in [0.25, 0.3) is 0 Å². The number of carbonyl (C=O) groups is 2. The van der Waals surface area contributed by atoms with E-state index in [1.807, 2.05) is 0 Å². The number of likely N-dealkylation sites (tertiary alicyclic amines) is 1. The summed E-state index contributed by atoms with van der Waals surface area (Å²) in [7, 11) is 1.66. The molecular formula is C14H22N2O3. The van der Waals surface area contributed by atoms with Crippen LogP contribution in [0.3, 0.4) is 0 Å². The van der Waals surface area contributed by atoms with Gasteiger partial charge in [0.15, 0.2) is 0 Å². The van der Waals surface area contributed by atoms with Crippen LogP contribution in [0.1, 0.15) is 26.7 Å². The molecule has 106 valence electrons. The van der Waals surface area contributed by atoms with E-state index < -0.39 is 11.4 Å². The predicted molar refractivity (Wildman–Crippen MR) is 72.6 cm³/mol. The van der Waals surface area contributed by atoms with Gasteiger partial charge in [-0.2, -0.15) is 0 Å². The lowest BCUT2D eigenvalue weighted by Gasteiger charge is -2.40. The van der Waals surface area contributed by atoms with E-state index in [4.69, 9.17) is 6.42 Å². The number of hydrogen-bond acceptors (Lipinski definition) is 2. The topological polar surface area (TPSA) is 60.9 Å². The average Bonchev–Trinajstić information content (AvgIpc) is 2.38. The normalized spacial score (nSPS) is 19.7. The summed E-state index contributed by atoms with van der Waals surface area (Å²) in [4.78, 5) is 26.6. The van der Waals surface area contributed by atoms with Crippen molar-refractivity contribution in [2.75, 3.05) is 26.7 Å². The second-order valence-electron chi connectivity index (χ2n) is 5.65. The van der Waals surface area contributed by atoms with E-state index in [9.17, 15) is 14.7 Å². The number of terminal acetylenes is 1. The second kappa shape index (κ2) is 5.96. The minimum Gasteiger partial charge on any atom is -0.481 e. The van der Waals surface area contributed by atoms with Gasteiger partial charge >= 0.3 is 12.0 Å². The predicted octanol–water partition coefficient (Wildman–Crippen LogP) is 1.49. The third-order valence-electron chi connectivity index (χ3n) is 3.92. The van der Waals surface area contributed by atoms with Crippen molar-refractivity contribution in [3.05, 3.63) is 0 Å². The van der Waals surface area contributed by atoms with Gasteiger partial charge in [-0.1, -0.05) is 5.92 Å². The molecule has 2 amide bonds. The van der Waals surface area contributed by atoms with Crippen LogP contribution < -0.4 is 0 Å². The maximum Gasteiger partial charge on any atom is 0.320 e. The zero-order valence-corrected chi connectivity index (χ0v) is 11.8. The molecule has 1 saturated heterocycles. The Bertz CT molecular complexity index is 398. The van der Waals surface area contributed by atoms with E-state index in [-0.39, 0.29) is 18.5 Å². The van der Waals surface area contributed by atoms with E-state index in [0.717, 1.165) is 12.8 Å². The molecule has 1 N–H and O–H groups in total. The molecule has 0 aromatic heterocycles. The number of amides is 2. The molecule has 1 aliphatic rings. The van der Waals surface area contributed by atoms with E-state index >= 15 is 0 Å². The van der Waals surface area contributed by atoms with Crippen LogP contribution >= 0.6 is 0 Å². The van der Waals surface area contributed by atoms with Crippen molar-refractivity contribution in [1.82, 2.24) is 9.80 Å². The Morgan fingerprint density at radius 3 is 2.68 bits per heavy atom. The molecule has 0 bridgehead atoms. The van der Waals surface area contributed by atoms with Crippen LogP contribution in [0.4, 0.5) is 4.79 Å². The first-order valence-electron chi connectivity index (χ1n) is 6.47. The summed E-state index contributed by atoms with van der Waals surface area (Å²) in [5.74, 6) is 1.59. The summed E-state index contributed by atoms with van der Waals surface area (Å²) in [6, 6.07) is -0.121. The fraction of sp³-hybridized carbons (Fsp3) is 0.714. The maximum atomic E-state index is 12.1. The number of hydrogen-bond donors (Lipinski definition) is 1. The van der Waals surface area contributed by atoms with Crippen molar-refractivity contribution in [2.24, 2.45) is 11.3 Å². The Hall–Kier alpha value is -1.70. The molecule has 0 saturated carbocycles. The number of rotatable bonds is 3.